The van der Waals surface area contributed by atoms with Gasteiger partial charge < -0.3 is 11.5 Å². The number of hydrogen-bond donors (Lipinski definition) is 2. The zero-order valence-electron chi connectivity index (χ0n) is 10.3. The van der Waals surface area contributed by atoms with Crippen molar-refractivity contribution in [2.45, 2.75) is 44.2 Å². The Labute approximate surface area is 110 Å². The first-order chi connectivity index (χ1) is 8.65. The monoisotopic (exact) mass is 266 g/mol. The number of likely N-dealkylation sites (tertiary alicyclic amines) is 1. The molecule has 3 rings (SSSR count). The Morgan fingerprint density at radius 3 is 3.06 bits per heavy atom. The lowest BCUT2D eigenvalue weighted by Gasteiger charge is -2.33. The summed E-state index contributed by atoms with van der Waals surface area (Å²) in [4.78, 5) is 19.4. The Kier molecular flexibility index (Phi) is 2.99. The largest absolute Gasteiger partial charge is 0.375 e. The van der Waals surface area contributed by atoms with Gasteiger partial charge in [0.25, 0.3) is 0 Å². The highest BCUT2D eigenvalue weighted by Crippen LogP contribution is 2.33. The summed E-state index contributed by atoms with van der Waals surface area (Å²) in [5.74, 6) is -0.179. The molecule has 0 aromatic carbocycles. The predicted molar refractivity (Wildman–Crippen MR) is 71.3 cm³/mol. The van der Waals surface area contributed by atoms with E-state index in [9.17, 15) is 4.79 Å². The molecule has 2 atom stereocenters. The molecule has 0 radical (unpaired) electrons. The number of thiazole rings is 1. The van der Waals surface area contributed by atoms with Gasteiger partial charge in [0, 0.05) is 10.9 Å². The van der Waals surface area contributed by atoms with Crippen LogP contribution in [0.3, 0.4) is 0 Å². The van der Waals surface area contributed by atoms with Crippen LogP contribution in [0, 0.1) is 0 Å². The minimum atomic E-state index is -0.179. The highest BCUT2D eigenvalue weighted by molar-refractivity contribution is 7.15. The molecule has 4 N–H and O–H groups in total. The average Bonchev–Trinajstić information content (AvgIpc) is 2.91. The number of aromatic nitrogens is 1. The summed E-state index contributed by atoms with van der Waals surface area (Å²) >= 11 is 1.59. The van der Waals surface area contributed by atoms with E-state index in [4.69, 9.17) is 11.5 Å². The Morgan fingerprint density at radius 1 is 1.44 bits per heavy atom. The van der Waals surface area contributed by atoms with Gasteiger partial charge in [-0.15, -0.1) is 11.3 Å². The molecule has 0 bridgehead atoms. The van der Waals surface area contributed by atoms with Crippen LogP contribution in [0.5, 0.6) is 0 Å². The van der Waals surface area contributed by atoms with Crippen molar-refractivity contribution in [2.75, 3.05) is 12.3 Å². The van der Waals surface area contributed by atoms with E-state index in [0.29, 0.717) is 11.2 Å². The van der Waals surface area contributed by atoms with Crippen molar-refractivity contribution in [1.29, 1.82) is 0 Å². The summed E-state index contributed by atoms with van der Waals surface area (Å²) in [7, 11) is 0. The SMILES string of the molecule is NC(=O)C1CCCN1C1CCc2nc(N)sc2C1. The van der Waals surface area contributed by atoms with Crippen LogP contribution in [-0.4, -0.2) is 34.4 Å². The summed E-state index contributed by atoms with van der Waals surface area (Å²) in [5.41, 5.74) is 12.4. The Morgan fingerprint density at radius 2 is 2.28 bits per heavy atom. The molecule has 1 aromatic rings. The molecule has 2 unspecified atom stereocenters. The first-order valence-electron chi connectivity index (χ1n) is 6.44. The van der Waals surface area contributed by atoms with Crippen molar-refractivity contribution in [1.82, 2.24) is 9.88 Å². The number of carbonyl (C=O) groups is 1. The van der Waals surface area contributed by atoms with Crippen molar-refractivity contribution in [2.24, 2.45) is 5.73 Å². The Bertz CT molecular complexity index is 473. The van der Waals surface area contributed by atoms with Crippen LogP contribution < -0.4 is 11.5 Å². The average molecular weight is 266 g/mol. The van der Waals surface area contributed by atoms with Crippen molar-refractivity contribution in [3.8, 4) is 0 Å². The lowest BCUT2D eigenvalue weighted by Crippen LogP contribution is -2.47. The minimum absolute atomic E-state index is 0.0678. The second-order valence-corrected chi connectivity index (χ2v) is 6.23. The smallest absolute Gasteiger partial charge is 0.234 e. The summed E-state index contributed by atoms with van der Waals surface area (Å²) in [6.07, 6.45) is 4.97. The second-order valence-electron chi connectivity index (χ2n) is 5.12. The van der Waals surface area contributed by atoms with E-state index in [1.807, 2.05) is 0 Å². The first kappa shape index (κ1) is 11.9. The van der Waals surface area contributed by atoms with E-state index < -0.39 is 0 Å². The zero-order chi connectivity index (χ0) is 12.7. The number of anilines is 1. The van der Waals surface area contributed by atoms with E-state index in [1.54, 1.807) is 11.3 Å². The van der Waals surface area contributed by atoms with Gasteiger partial charge in [-0.1, -0.05) is 0 Å². The van der Waals surface area contributed by atoms with Crippen LogP contribution in [0.4, 0.5) is 5.13 Å². The molecule has 1 amide bonds. The van der Waals surface area contributed by atoms with Gasteiger partial charge in [0.05, 0.1) is 11.7 Å². The molecular weight excluding hydrogens is 248 g/mol. The van der Waals surface area contributed by atoms with Crippen LogP contribution in [0.1, 0.15) is 29.8 Å². The fourth-order valence-corrected chi connectivity index (χ4v) is 4.14. The van der Waals surface area contributed by atoms with E-state index in [-0.39, 0.29) is 11.9 Å². The molecule has 18 heavy (non-hydrogen) atoms. The summed E-state index contributed by atoms with van der Waals surface area (Å²) in [5, 5.41) is 0.661. The molecule has 5 nitrogen and oxygen atoms in total. The number of amides is 1. The number of nitrogen functional groups attached to an aromatic ring is 1. The molecule has 1 aliphatic heterocycles. The molecule has 0 saturated carbocycles. The minimum Gasteiger partial charge on any atom is -0.375 e. The first-order valence-corrected chi connectivity index (χ1v) is 7.26. The molecule has 0 spiro atoms. The fourth-order valence-electron chi connectivity index (χ4n) is 3.19. The maximum Gasteiger partial charge on any atom is 0.234 e. The van der Waals surface area contributed by atoms with E-state index in [1.165, 1.54) is 4.88 Å². The van der Waals surface area contributed by atoms with Gasteiger partial charge in [-0.05, 0) is 38.6 Å². The molecule has 1 aliphatic carbocycles. The topological polar surface area (TPSA) is 85.2 Å². The molecule has 1 aromatic heterocycles. The highest BCUT2D eigenvalue weighted by Gasteiger charge is 2.36. The van der Waals surface area contributed by atoms with Gasteiger partial charge in [-0.2, -0.15) is 0 Å². The predicted octanol–water partition coefficient (Wildman–Crippen LogP) is 0.532. The number of hydrogen-bond acceptors (Lipinski definition) is 5. The third-order valence-corrected chi connectivity index (χ3v) is 4.97. The third-order valence-electron chi connectivity index (χ3n) is 4.02. The van der Waals surface area contributed by atoms with E-state index >= 15 is 0 Å². The molecule has 2 heterocycles. The number of nitrogens with zero attached hydrogens (tertiary/aromatic N) is 2. The van der Waals surface area contributed by atoms with Crippen molar-refractivity contribution >= 4 is 22.4 Å². The highest BCUT2D eigenvalue weighted by atomic mass is 32.1. The van der Waals surface area contributed by atoms with Gasteiger partial charge in [0.2, 0.25) is 5.91 Å². The summed E-state index contributed by atoms with van der Waals surface area (Å²) in [6, 6.07) is 0.360. The maximum absolute atomic E-state index is 11.5. The molecule has 2 aliphatic rings. The summed E-state index contributed by atoms with van der Waals surface area (Å²) < 4.78 is 0. The standard InChI is InChI=1S/C12H18N4OS/c13-11(17)9-2-1-5-16(9)7-3-4-8-10(6-7)18-12(14)15-8/h7,9H,1-6H2,(H2,13,17)(H2,14,15). The zero-order valence-corrected chi connectivity index (χ0v) is 11.1. The van der Waals surface area contributed by atoms with Crippen molar-refractivity contribution < 1.29 is 4.79 Å². The molecule has 1 fully saturated rings. The number of carbonyl (C=O) groups excluding carboxylic acids is 1. The number of aryl methyl sites for hydroxylation is 1. The molecule has 6 heteroatoms. The van der Waals surface area contributed by atoms with Crippen LogP contribution in [-0.2, 0) is 17.6 Å². The number of fused-ring (bicyclic) bond motifs is 1. The maximum atomic E-state index is 11.5. The van der Waals surface area contributed by atoms with Gasteiger partial charge in [0.1, 0.15) is 0 Å². The van der Waals surface area contributed by atoms with E-state index in [0.717, 1.165) is 44.3 Å². The Hall–Kier alpha value is -1.14. The number of nitrogens with two attached hydrogens (primary N) is 2. The fraction of sp³-hybridized carbons (Fsp3) is 0.667. The van der Waals surface area contributed by atoms with Crippen molar-refractivity contribution in [3.63, 3.8) is 0 Å². The van der Waals surface area contributed by atoms with Crippen LogP contribution >= 0.6 is 11.3 Å². The van der Waals surface area contributed by atoms with Gasteiger partial charge in [-0.25, -0.2) is 4.98 Å². The van der Waals surface area contributed by atoms with Gasteiger partial charge in [-0.3, -0.25) is 9.69 Å². The Balaban J connectivity index is 1.77. The van der Waals surface area contributed by atoms with Gasteiger partial charge >= 0.3 is 0 Å². The van der Waals surface area contributed by atoms with Crippen LogP contribution in [0.2, 0.25) is 0 Å². The number of primary amides is 1. The van der Waals surface area contributed by atoms with Crippen molar-refractivity contribution in [3.05, 3.63) is 10.6 Å². The molecule has 1 saturated heterocycles. The quantitative estimate of drug-likeness (QED) is 0.818. The van der Waals surface area contributed by atoms with Crippen LogP contribution in [0.15, 0.2) is 0 Å². The third kappa shape index (κ3) is 1.99. The van der Waals surface area contributed by atoms with E-state index in [2.05, 4.69) is 9.88 Å². The summed E-state index contributed by atoms with van der Waals surface area (Å²) in [6.45, 7) is 0.988. The molecule has 98 valence electrons. The lowest BCUT2D eigenvalue weighted by molar-refractivity contribution is -0.123. The number of rotatable bonds is 2. The normalized spacial score (nSPS) is 28.2. The van der Waals surface area contributed by atoms with Gasteiger partial charge in [0.15, 0.2) is 5.13 Å². The molecular formula is C12H18N4OS. The second kappa shape index (κ2) is 4.51. The van der Waals surface area contributed by atoms with Crippen LogP contribution in [0.25, 0.3) is 0 Å². The lowest BCUT2D eigenvalue weighted by atomic mass is 9.95.